The van der Waals surface area contributed by atoms with Crippen molar-refractivity contribution in [2.45, 2.75) is 274 Å². The van der Waals surface area contributed by atoms with Crippen molar-refractivity contribution in [3.05, 3.63) is 12.2 Å². The zero-order valence-corrected chi connectivity index (χ0v) is 38.1. The highest BCUT2D eigenvalue weighted by Crippen LogP contribution is 2.23. The number of unbranched alkanes of at least 4 members (excludes halogenated alkanes) is 26. The number of aliphatic hydroxyl groups excluding tert-OH is 8. The van der Waals surface area contributed by atoms with Gasteiger partial charge in [-0.2, -0.15) is 0 Å². The second-order valence-corrected chi connectivity index (χ2v) is 17.7. The summed E-state index contributed by atoms with van der Waals surface area (Å²) in [5.41, 5.74) is 0. The van der Waals surface area contributed by atoms with Gasteiger partial charge in [0.25, 0.3) is 5.91 Å². The van der Waals surface area contributed by atoms with E-state index in [0.717, 1.165) is 38.5 Å². The van der Waals surface area contributed by atoms with E-state index in [0.29, 0.717) is 12.8 Å². The van der Waals surface area contributed by atoms with Gasteiger partial charge in [0.1, 0.15) is 30.5 Å². The van der Waals surface area contributed by atoms with Crippen molar-refractivity contribution in [3.8, 4) is 0 Å². The van der Waals surface area contributed by atoms with E-state index in [-0.39, 0.29) is 12.8 Å². The van der Waals surface area contributed by atoms with Gasteiger partial charge < -0.3 is 55.6 Å². The fourth-order valence-electron chi connectivity index (χ4n) is 7.99. The number of allylic oxidation sites excluding steroid dienone is 2. The molecule has 1 saturated heterocycles. The first-order valence-corrected chi connectivity index (χ1v) is 24.7. The van der Waals surface area contributed by atoms with Crippen molar-refractivity contribution >= 4 is 5.91 Å². The van der Waals surface area contributed by atoms with Gasteiger partial charge in [-0.1, -0.05) is 187 Å². The highest BCUT2D eigenvalue weighted by atomic mass is 16.7. The molecule has 0 saturated carbocycles. The van der Waals surface area contributed by atoms with E-state index in [9.17, 15) is 45.6 Å². The molecule has 356 valence electrons. The standard InChI is InChI=1S/C48H93NO11/c1-3-5-7-9-11-13-15-17-18-19-20-21-22-23-25-27-29-31-33-35-40(52)43(54)47(58)49-38(37-59-48-46(57)45(56)44(55)41(36-50)60-48)42(53)39(51)34-32-30-28-26-24-16-14-12-10-8-6-4-2/h13,15,38-46,48,50-57H,3-12,14,16-37H2,1-2H3,(H,49,58)/b15-13-/t38?,39-,40?,41-,42+,43?,44-,45+,46-,48-/m1/s1. The molecule has 1 fully saturated rings. The van der Waals surface area contributed by atoms with Crippen molar-refractivity contribution in [1.82, 2.24) is 5.32 Å². The topological polar surface area (TPSA) is 209 Å². The van der Waals surface area contributed by atoms with Crippen LogP contribution >= 0.6 is 0 Å². The minimum Gasteiger partial charge on any atom is -0.394 e. The number of carbonyl (C=O) groups is 1. The molecule has 0 aromatic rings. The van der Waals surface area contributed by atoms with Gasteiger partial charge in [-0.15, -0.1) is 0 Å². The smallest absolute Gasteiger partial charge is 0.251 e. The van der Waals surface area contributed by atoms with Crippen molar-refractivity contribution in [2.75, 3.05) is 13.2 Å². The van der Waals surface area contributed by atoms with Gasteiger partial charge in [-0.05, 0) is 38.5 Å². The lowest BCUT2D eigenvalue weighted by molar-refractivity contribution is -0.303. The molecule has 0 bridgehead atoms. The number of amides is 1. The minimum atomic E-state index is -1.79. The van der Waals surface area contributed by atoms with E-state index < -0.39 is 80.3 Å². The van der Waals surface area contributed by atoms with Gasteiger partial charge in [-0.3, -0.25) is 4.79 Å². The van der Waals surface area contributed by atoms with Crippen LogP contribution in [0.3, 0.4) is 0 Å². The Labute approximate surface area is 364 Å². The van der Waals surface area contributed by atoms with Gasteiger partial charge >= 0.3 is 0 Å². The molecule has 1 heterocycles. The molecule has 3 unspecified atom stereocenters. The largest absolute Gasteiger partial charge is 0.394 e. The van der Waals surface area contributed by atoms with Crippen LogP contribution < -0.4 is 5.32 Å². The average Bonchev–Trinajstić information content (AvgIpc) is 3.25. The molecule has 1 rings (SSSR count). The number of rotatable bonds is 41. The van der Waals surface area contributed by atoms with Crippen LogP contribution in [0, 0.1) is 0 Å². The zero-order valence-electron chi connectivity index (χ0n) is 38.1. The first-order valence-electron chi connectivity index (χ1n) is 24.7. The fraction of sp³-hybridized carbons (Fsp3) is 0.938. The molecule has 12 nitrogen and oxygen atoms in total. The predicted octanol–water partition coefficient (Wildman–Crippen LogP) is 7.42. The summed E-state index contributed by atoms with van der Waals surface area (Å²) in [5.74, 6) is -0.948. The van der Waals surface area contributed by atoms with Crippen LogP contribution in [0.15, 0.2) is 12.2 Å². The normalized spacial score (nSPS) is 22.2. The van der Waals surface area contributed by atoms with E-state index in [2.05, 4.69) is 31.3 Å². The lowest BCUT2D eigenvalue weighted by Crippen LogP contribution is -2.60. The van der Waals surface area contributed by atoms with Crippen LogP contribution in [-0.2, 0) is 14.3 Å². The Morgan fingerprint density at radius 1 is 0.567 bits per heavy atom. The van der Waals surface area contributed by atoms with E-state index in [1.54, 1.807) is 0 Å². The van der Waals surface area contributed by atoms with E-state index in [1.807, 2.05) is 0 Å². The zero-order chi connectivity index (χ0) is 44.2. The number of carbonyl (C=O) groups excluding carboxylic acids is 1. The molecular weight excluding hydrogens is 767 g/mol. The van der Waals surface area contributed by atoms with Crippen molar-refractivity contribution in [2.24, 2.45) is 0 Å². The van der Waals surface area contributed by atoms with Gasteiger partial charge in [0.15, 0.2) is 12.4 Å². The maximum absolute atomic E-state index is 13.1. The minimum absolute atomic E-state index is 0.221. The third-order valence-electron chi connectivity index (χ3n) is 12.2. The number of aliphatic hydroxyl groups is 8. The molecule has 9 N–H and O–H groups in total. The summed E-state index contributed by atoms with van der Waals surface area (Å²) in [5, 5.41) is 86.3. The van der Waals surface area contributed by atoms with E-state index in [4.69, 9.17) is 9.47 Å². The van der Waals surface area contributed by atoms with Gasteiger partial charge in [0.05, 0.1) is 31.5 Å². The Kier molecular flexibility index (Phi) is 36.3. The number of nitrogens with one attached hydrogen (secondary N) is 1. The highest BCUT2D eigenvalue weighted by molar-refractivity contribution is 5.81. The quantitative estimate of drug-likeness (QED) is 0.0218. The lowest BCUT2D eigenvalue weighted by Gasteiger charge is -2.40. The summed E-state index contributed by atoms with van der Waals surface area (Å²) in [4.78, 5) is 13.1. The Morgan fingerprint density at radius 2 is 0.967 bits per heavy atom. The molecule has 0 aliphatic carbocycles. The Bertz CT molecular complexity index is 1000. The number of hydrogen-bond donors (Lipinski definition) is 9. The number of ether oxygens (including phenoxy) is 2. The monoisotopic (exact) mass is 860 g/mol. The molecule has 1 amide bonds. The first-order chi connectivity index (χ1) is 29.1. The maximum atomic E-state index is 13.1. The average molecular weight is 860 g/mol. The molecule has 1 aliphatic rings. The molecule has 0 radical (unpaired) electrons. The molecule has 0 spiro atoms. The number of hydrogen-bond acceptors (Lipinski definition) is 11. The van der Waals surface area contributed by atoms with Crippen LogP contribution in [0.2, 0.25) is 0 Å². The lowest BCUT2D eigenvalue weighted by atomic mass is 9.98. The molecular formula is C48H93NO11. The van der Waals surface area contributed by atoms with Crippen LogP contribution in [0.25, 0.3) is 0 Å². The van der Waals surface area contributed by atoms with Gasteiger partial charge in [0.2, 0.25) is 0 Å². The SMILES string of the molecule is CCCCCC/C=C\CCCCCCCCCCCCCC(O)C(O)C(=O)NC(CO[C@@H]1O[C@H](CO)[C@@H](O)[C@H](O)[C@H]1O)[C@H](O)[C@H](O)CCCCCCCCCCCCCC. The highest BCUT2D eigenvalue weighted by Gasteiger charge is 2.44. The molecule has 12 heteroatoms. The second kappa shape index (κ2) is 38.3. The van der Waals surface area contributed by atoms with Crippen LogP contribution in [0.4, 0.5) is 0 Å². The Hall–Kier alpha value is -1.19. The predicted molar refractivity (Wildman–Crippen MR) is 239 cm³/mol. The molecule has 60 heavy (non-hydrogen) atoms. The van der Waals surface area contributed by atoms with Crippen molar-refractivity contribution in [1.29, 1.82) is 0 Å². The van der Waals surface area contributed by atoms with Crippen LogP contribution in [-0.4, -0.2) is 121 Å². The Morgan fingerprint density at radius 3 is 1.42 bits per heavy atom. The third-order valence-corrected chi connectivity index (χ3v) is 12.2. The van der Waals surface area contributed by atoms with Gasteiger partial charge in [-0.25, -0.2) is 0 Å². The van der Waals surface area contributed by atoms with Crippen LogP contribution in [0.5, 0.6) is 0 Å². The van der Waals surface area contributed by atoms with Crippen molar-refractivity contribution in [3.63, 3.8) is 0 Å². The maximum Gasteiger partial charge on any atom is 0.251 e. The third kappa shape index (κ3) is 27.1. The summed E-state index contributed by atoms with van der Waals surface area (Å²) in [6.45, 7) is 3.30. The molecule has 10 atom stereocenters. The summed E-state index contributed by atoms with van der Waals surface area (Å²) in [7, 11) is 0. The van der Waals surface area contributed by atoms with E-state index >= 15 is 0 Å². The Balaban J connectivity index is 2.44. The molecule has 0 aromatic heterocycles. The van der Waals surface area contributed by atoms with Gasteiger partial charge in [0, 0.05) is 0 Å². The molecule has 0 aromatic carbocycles. The summed E-state index contributed by atoms with van der Waals surface area (Å²) >= 11 is 0. The summed E-state index contributed by atoms with van der Waals surface area (Å²) < 4.78 is 11.0. The first kappa shape index (κ1) is 56.8. The second-order valence-electron chi connectivity index (χ2n) is 17.7. The summed E-state index contributed by atoms with van der Waals surface area (Å²) in [6, 6.07) is -1.29. The van der Waals surface area contributed by atoms with E-state index in [1.165, 1.54) is 135 Å². The van der Waals surface area contributed by atoms with Crippen LogP contribution in [0.1, 0.15) is 213 Å². The fourth-order valence-corrected chi connectivity index (χ4v) is 7.99. The molecule has 1 aliphatic heterocycles. The summed E-state index contributed by atoms with van der Waals surface area (Å²) in [6.07, 6.45) is 25.5. The van der Waals surface area contributed by atoms with Crippen molar-refractivity contribution < 1.29 is 55.1 Å².